The maximum Gasteiger partial charge on any atom is 0.337 e. The number of ether oxygens (including phenoxy) is 1. The lowest BCUT2D eigenvalue weighted by molar-refractivity contribution is -0.139. The van der Waals surface area contributed by atoms with Gasteiger partial charge in [-0.1, -0.05) is 6.07 Å². The molecule has 88 valence electrons. The SMILES string of the molecule is COC(=O)Cc1ccc2c(Br)cc(=O)oc2c1. The van der Waals surface area contributed by atoms with Crippen LogP contribution in [0.3, 0.4) is 0 Å². The highest BCUT2D eigenvalue weighted by Gasteiger charge is 2.07. The summed E-state index contributed by atoms with van der Waals surface area (Å²) < 4.78 is 10.3. The van der Waals surface area contributed by atoms with E-state index in [1.54, 1.807) is 18.2 Å². The smallest absolute Gasteiger partial charge is 0.337 e. The molecule has 17 heavy (non-hydrogen) atoms. The molecule has 2 rings (SSSR count). The van der Waals surface area contributed by atoms with Gasteiger partial charge in [0.25, 0.3) is 0 Å². The second-order valence-electron chi connectivity index (χ2n) is 3.50. The summed E-state index contributed by atoms with van der Waals surface area (Å²) in [6, 6.07) is 6.62. The molecule has 0 fully saturated rings. The molecule has 0 saturated heterocycles. The molecule has 1 aromatic carbocycles. The Labute approximate surface area is 105 Å². The molecule has 0 atom stereocenters. The van der Waals surface area contributed by atoms with Crippen molar-refractivity contribution in [1.82, 2.24) is 0 Å². The molecule has 0 saturated carbocycles. The van der Waals surface area contributed by atoms with E-state index >= 15 is 0 Å². The first kappa shape index (κ1) is 11.9. The average Bonchev–Trinajstić information content (AvgIpc) is 2.28. The van der Waals surface area contributed by atoms with Crippen molar-refractivity contribution in [2.45, 2.75) is 6.42 Å². The van der Waals surface area contributed by atoms with E-state index in [1.165, 1.54) is 13.2 Å². The van der Waals surface area contributed by atoms with Gasteiger partial charge in [0.05, 0.1) is 13.5 Å². The van der Waals surface area contributed by atoms with Gasteiger partial charge in [-0.25, -0.2) is 4.79 Å². The van der Waals surface area contributed by atoms with Gasteiger partial charge in [-0.15, -0.1) is 0 Å². The Hall–Kier alpha value is -1.62. The zero-order valence-electron chi connectivity index (χ0n) is 9.03. The molecule has 0 aliphatic heterocycles. The molecule has 0 N–H and O–H groups in total. The summed E-state index contributed by atoms with van der Waals surface area (Å²) in [4.78, 5) is 22.3. The molecular weight excluding hydrogens is 288 g/mol. The van der Waals surface area contributed by atoms with Crippen LogP contribution in [-0.4, -0.2) is 13.1 Å². The zero-order chi connectivity index (χ0) is 12.4. The van der Waals surface area contributed by atoms with Crippen molar-refractivity contribution in [3.63, 3.8) is 0 Å². The molecule has 0 radical (unpaired) electrons. The summed E-state index contributed by atoms with van der Waals surface area (Å²) in [6.45, 7) is 0. The fourth-order valence-electron chi connectivity index (χ4n) is 1.52. The number of fused-ring (bicyclic) bond motifs is 1. The Morgan fingerprint density at radius 2 is 2.18 bits per heavy atom. The normalized spacial score (nSPS) is 10.5. The van der Waals surface area contributed by atoms with Crippen LogP contribution in [0.2, 0.25) is 0 Å². The van der Waals surface area contributed by atoms with Gasteiger partial charge in [-0.3, -0.25) is 4.79 Å². The summed E-state index contributed by atoms with van der Waals surface area (Å²) in [5, 5.41) is 0.790. The molecule has 5 heteroatoms. The van der Waals surface area contributed by atoms with Crippen LogP contribution in [0, 0.1) is 0 Å². The van der Waals surface area contributed by atoms with Crippen molar-refractivity contribution >= 4 is 32.9 Å². The van der Waals surface area contributed by atoms with Crippen molar-refractivity contribution in [1.29, 1.82) is 0 Å². The van der Waals surface area contributed by atoms with Gasteiger partial charge >= 0.3 is 11.6 Å². The predicted octanol–water partition coefficient (Wildman–Crippen LogP) is 2.27. The van der Waals surface area contributed by atoms with Crippen LogP contribution in [0.1, 0.15) is 5.56 Å². The van der Waals surface area contributed by atoms with Crippen LogP contribution in [0.15, 0.2) is 37.9 Å². The molecule has 0 aliphatic carbocycles. The Morgan fingerprint density at radius 3 is 2.88 bits per heavy atom. The van der Waals surface area contributed by atoms with Gasteiger partial charge in [-0.2, -0.15) is 0 Å². The van der Waals surface area contributed by atoms with E-state index in [-0.39, 0.29) is 12.4 Å². The molecule has 1 aromatic heterocycles. The Kier molecular flexibility index (Phi) is 3.28. The highest BCUT2D eigenvalue weighted by atomic mass is 79.9. The van der Waals surface area contributed by atoms with E-state index in [9.17, 15) is 9.59 Å². The number of carbonyl (C=O) groups is 1. The number of benzene rings is 1. The molecule has 0 bridgehead atoms. The number of carbonyl (C=O) groups excluding carboxylic acids is 1. The van der Waals surface area contributed by atoms with Gasteiger partial charge in [0.2, 0.25) is 0 Å². The Balaban J connectivity index is 2.50. The fourth-order valence-corrected chi connectivity index (χ4v) is 2.03. The summed E-state index contributed by atoms with van der Waals surface area (Å²) in [5.74, 6) is -0.332. The number of methoxy groups -OCH3 is 1. The molecule has 0 aliphatic rings. The van der Waals surface area contributed by atoms with Crippen molar-refractivity contribution in [2.75, 3.05) is 7.11 Å². The topological polar surface area (TPSA) is 56.5 Å². The lowest BCUT2D eigenvalue weighted by atomic mass is 10.1. The second-order valence-corrected chi connectivity index (χ2v) is 4.35. The minimum Gasteiger partial charge on any atom is -0.469 e. The van der Waals surface area contributed by atoms with E-state index in [2.05, 4.69) is 20.7 Å². The molecule has 0 unspecified atom stereocenters. The van der Waals surface area contributed by atoms with Crippen molar-refractivity contribution in [3.05, 3.63) is 44.7 Å². The highest BCUT2D eigenvalue weighted by molar-refractivity contribution is 9.10. The third kappa shape index (κ3) is 2.55. The summed E-state index contributed by atoms with van der Waals surface area (Å²) in [7, 11) is 1.33. The first-order valence-corrected chi connectivity index (χ1v) is 5.68. The molecule has 0 spiro atoms. The number of hydrogen-bond donors (Lipinski definition) is 0. The molecule has 0 amide bonds. The molecule has 1 heterocycles. The van der Waals surface area contributed by atoms with Crippen LogP contribution in [0.25, 0.3) is 11.0 Å². The third-order valence-electron chi connectivity index (χ3n) is 2.33. The maximum absolute atomic E-state index is 11.2. The van der Waals surface area contributed by atoms with Gasteiger partial charge in [-0.05, 0) is 33.6 Å². The minimum absolute atomic E-state index is 0.155. The van der Waals surface area contributed by atoms with Crippen LogP contribution in [0.4, 0.5) is 0 Å². The lowest BCUT2D eigenvalue weighted by Gasteiger charge is -2.03. The number of esters is 1. The van der Waals surface area contributed by atoms with E-state index in [4.69, 9.17) is 4.42 Å². The van der Waals surface area contributed by atoms with E-state index < -0.39 is 5.63 Å². The third-order valence-corrected chi connectivity index (χ3v) is 2.99. The zero-order valence-corrected chi connectivity index (χ0v) is 10.6. The monoisotopic (exact) mass is 296 g/mol. The standard InChI is InChI=1S/C12H9BrO4/c1-16-11(14)5-7-2-3-8-9(13)6-12(15)17-10(8)4-7/h2-4,6H,5H2,1H3. The molecule has 4 nitrogen and oxygen atoms in total. The van der Waals surface area contributed by atoms with Crippen LogP contribution >= 0.6 is 15.9 Å². The number of halogens is 1. The van der Waals surface area contributed by atoms with Crippen LogP contribution in [-0.2, 0) is 16.0 Å². The van der Waals surface area contributed by atoms with E-state index in [1.807, 2.05) is 0 Å². The Bertz CT molecular complexity index is 630. The van der Waals surface area contributed by atoms with E-state index in [0.29, 0.717) is 10.1 Å². The van der Waals surface area contributed by atoms with Gasteiger partial charge in [0.1, 0.15) is 5.58 Å². The minimum atomic E-state index is -0.431. The highest BCUT2D eigenvalue weighted by Crippen LogP contribution is 2.23. The summed E-state index contributed by atoms with van der Waals surface area (Å²) in [6.07, 6.45) is 0.155. The van der Waals surface area contributed by atoms with Crippen molar-refractivity contribution in [3.8, 4) is 0 Å². The van der Waals surface area contributed by atoms with Crippen LogP contribution in [0.5, 0.6) is 0 Å². The number of hydrogen-bond acceptors (Lipinski definition) is 4. The summed E-state index contributed by atoms with van der Waals surface area (Å²) in [5.41, 5.74) is 0.760. The lowest BCUT2D eigenvalue weighted by Crippen LogP contribution is -2.04. The maximum atomic E-state index is 11.2. The Morgan fingerprint density at radius 1 is 1.41 bits per heavy atom. The van der Waals surface area contributed by atoms with Gasteiger partial charge in [0.15, 0.2) is 0 Å². The quantitative estimate of drug-likeness (QED) is 0.630. The van der Waals surface area contributed by atoms with Crippen LogP contribution < -0.4 is 5.63 Å². The predicted molar refractivity (Wildman–Crippen MR) is 65.9 cm³/mol. The van der Waals surface area contributed by atoms with Crippen molar-refractivity contribution < 1.29 is 13.9 Å². The summed E-state index contributed by atoms with van der Waals surface area (Å²) >= 11 is 3.29. The largest absolute Gasteiger partial charge is 0.469 e. The fraction of sp³-hybridized carbons (Fsp3) is 0.167. The number of rotatable bonds is 2. The van der Waals surface area contributed by atoms with E-state index in [0.717, 1.165) is 10.9 Å². The first-order valence-electron chi connectivity index (χ1n) is 4.89. The van der Waals surface area contributed by atoms with Gasteiger partial charge < -0.3 is 9.15 Å². The second kappa shape index (κ2) is 4.71. The first-order chi connectivity index (χ1) is 8.10. The van der Waals surface area contributed by atoms with Crippen molar-refractivity contribution in [2.24, 2.45) is 0 Å². The average molecular weight is 297 g/mol. The molecule has 2 aromatic rings. The van der Waals surface area contributed by atoms with Gasteiger partial charge in [0, 0.05) is 15.9 Å². The molecular formula is C12H9BrO4.